The third-order valence-electron chi connectivity index (χ3n) is 4.60. The van der Waals surface area contributed by atoms with Crippen molar-refractivity contribution in [1.82, 2.24) is 0 Å². The van der Waals surface area contributed by atoms with Crippen molar-refractivity contribution >= 4 is 11.5 Å². The second-order valence-corrected chi connectivity index (χ2v) is 7.41. The van der Waals surface area contributed by atoms with Crippen LogP contribution in [0.2, 0.25) is 0 Å². The minimum atomic E-state index is -1.16. The number of allylic oxidation sites excluding steroid dienone is 2. The molecule has 0 aliphatic carbocycles. The van der Waals surface area contributed by atoms with Crippen LogP contribution in [-0.4, -0.2) is 33.5 Å². The van der Waals surface area contributed by atoms with Crippen molar-refractivity contribution in [2.45, 2.75) is 38.9 Å². The Morgan fingerprint density at radius 2 is 1.40 bits per heavy atom. The Hall–Kier alpha value is -2.83. The molecule has 0 saturated heterocycles. The summed E-state index contributed by atoms with van der Waals surface area (Å²) in [6.07, 6.45) is 0.432. The highest BCUT2D eigenvalue weighted by atomic mass is 19.1. The number of carbonyl (C=O) groups is 1. The summed E-state index contributed by atoms with van der Waals surface area (Å²) in [4.78, 5) is 10.7. The fraction of sp³-hybridized carbons (Fsp3) is 0.292. The lowest BCUT2D eigenvalue weighted by molar-refractivity contribution is -0.139. The molecule has 0 saturated carbocycles. The van der Waals surface area contributed by atoms with Crippen LogP contribution >= 0.6 is 0 Å². The summed E-state index contributed by atoms with van der Waals surface area (Å²) >= 11 is 0. The molecule has 0 aliphatic rings. The maximum atomic E-state index is 13.5. The van der Waals surface area contributed by atoms with Gasteiger partial charge in [0.05, 0.1) is 18.6 Å². The van der Waals surface area contributed by atoms with Crippen molar-refractivity contribution in [1.29, 1.82) is 0 Å². The number of carboxylic acids is 1. The van der Waals surface area contributed by atoms with E-state index in [4.69, 9.17) is 5.11 Å². The van der Waals surface area contributed by atoms with E-state index in [0.29, 0.717) is 0 Å². The predicted octanol–water partition coefficient (Wildman–Crippen LogP) is 4.57. The Morgan fingerprint density at radius 3 is 1.80 bits per heavy atom. The molecule has 0 amide bonds. The van der Waals surface area contributed by atoms with Gasteiger partial charge in [0.15, 0.2) is 0 Å². The second-order valence-electron chi connectivity index (χ2n) is 7.41. The van der Waals surface area contributed by atoms with Crippen molar-refractivity contribution in [2.24, 2.45) is 5.92 Å². The van der Waals surface area contributed by atoms with Gasteiger partial charge in [0.2, 0.25) is 0 Å². The van der Waals surface area contributed by atoms with Gasteiger partial charge >= 0.3 is 5.97 Å². The number of hydrogen-bond donors (Lipinski definition) is 3. The first-order valence-corrected chi connectivity index (χ1v) is 9.69. The monoisotopic (exact) mass is 416 g/mol. The third kappa shape index (κ3) is 6.90. The summed E-state index contributed by atoms with van der Waals surface area (Å²) in [5.74, 6) is -1.89. The summed E-state index contributed by atoms with van der Waals surface area (Å²) in [7, 11) is 0. The Labute approximate surface area is 174 Å². The standard InChI is InChI=1S/C24H26F2O4/c1-15(2)22(12-11-20(27)13-21(28)14-23(29)30)24(16-3-7-18(25)8-4-16)17-5-9-19(26)10-6-17/h3-12,15,20-21,27-28H,13-14H2,1-2H3,(H,29,30)/b12-11+/t20-,21-/m0/s1. The van der Waals surface area contributed by atoms with Crippen LogP contribution in [0.1, 0.15) is 37.8 Å². The minimum Gasteiger partial charge on any atom is -0.481 e. The maximum absolute atomic E-state index is 13.5. The highest BCUT2D eigenvalue weighted by molar-refractivity contribution is 5.83. The van der Waals surface area contributed by atoms with E-state index in [1.54, 1.807) is 30.3 Å². The van der Waals surface area contributed by atoms with E-state index in [9.17, 15) is 23.8 Å². The number of rotatable bonds is 9. The molecule has 4 nitrogen and oxygen atoms in total. The van der Waals surface area contributed by atoms with Gasteiger partial charge in [-0.05, 0) is 52.5 Å². The normalized spacial score (nSPS) is 13.4. The smallest absolute Gasteiger partial charge is 0.305 e. The number of aliphatic carboxylic acids is 1. The average Bonchev–Trinajstić information content (AvgIpc) is 2.66. The summed E-state index contributed by atoms with van der Waals surface area (Å²) in [6.45, 7) is 3.91. The molecular weight excluding hydrogens is 390 g/mol. The van der Waals surface area contributed by atoms with Gasteiger partial charge < -0.3 is 15.3 Å². The van der Waals surface area contributed by atoms with Crippen LogP contribution in [0.4, 0.5) is 8.78 Å². The van der Waals surface area contributed by atoms with Crippen molar-refractivity contribution in [3.8, 4) is 0 Å². The zero-order valence-corrected chi connectivity index (χ0v) is 16.9. The summed E-state index contributed by atoms with van der Waals surface area (Å²) in [5, 5.41) is 28.7. The van der Waals surface area contributed by atoms with Crippen LogP contribution in [0, 0.1) is 17.6 Å². The molecular formula is C24H26F2O4. The van der Waals surface area contributed by atoms with Crippen LogP contribution in [0.25, 0.3) is 5.57 Å². The first-order valence-electron chi connectivity index (χ1n) is 9.69. The molecule has 0 aromatic heterocycles. The van der Waals surface area contributed by atoms with Crippen LogP contribution in [0.5, 0.6) is 0 Å². The molecule has 0 spiro atoms. The predicted molar refractivity (Wildman–Crippen MR) is 112 cm³/mol. The SMILES string of the molecule is CC(C)C(/C=C/[C@H](O)C[C@H](O)CC(=O)O)=C(c1ccc(F)cc1)c1ccc(F)cc1. The summed E-state index contributed by atoms with van der Waals surface area (Å²) < 4.78 is 26.9. The molecule has 2 aromatic rings. The summed E-state index contributed by atoms with van der Waals surface area (Å²) in [5.41, 5.74) is 3.05. The number of hydrogen-bond acceptors (Lipinski definition) is 3. The first kappa shape index (κ1) is 23.4. The maximum Gasteiger partial charge on any atom is 0.305 e. The number of carboxylic acid groups (broad SMARTS) is 1. The molecule has 2 atom stereocenters. The number of benzene rings is 2. The van der Waals surface area contributed by atoms with Gasteiger partial charge in [0, 0.05) is 6.42 Å². The Balaban J connectivity index is 2.47. The van der Waals surface area contributed by atoms with E-state index in [2.05, 4.69) is 0 Å². The molecule has 0 bridgehead atoms. The van der Waals surface area contributed by atoms with Gasteiger partial charge in [-0.1, -0.05) is 50.3 Å². The van der Waals surface area contributed by atoms with Gasteiger partial charge in [-0.2, -0.15) is 0 Å². The van der Waals surface area contributed by atoms with Gasteiger partial charge in [-0.15, -0.1) is 0 Å². The van der Waals surface area contributed by atoms with E-state index >= 15 is 0 Å². The first-order chi connectivity index (χ1) is 14.2. The lowest BCUT2D eigenvalue weighted by atomic mass is 9.87. The Kier molecular flexibility index (Phi) is 8.45. The molecule has 3 N–H and O–H groups in total. The van der Waals surface area contributed by atoms with Crippen LogP contribution in [0.15, 0.2) is 66.3 Å². The summed E-state index contributed by atoms with van der Waals surface area (Å²) in [6, 6.07) is 11.9. The van der Waals surface area contributed by atoms with E-state index < -0.39 is 24.6 Å². The molecule has 30 heavy (non-hydrogen) atoms. The molecule has 6 heteroatoms. The van der Waals surface area contributed by atoms with E-state index in [-0.39, 0.29) is 24.0 Å². The molecule has 2 rings (SSSR count). The average molecular weight is 416 g/mol. The van der Waals surface area contributed by atoms with Crippen molar-refractivity contribution < 1.29 is 28.9 Å². The van der Waals surface area contributed by atoms with Crippen molar-refractivity contribution in [3.05, 3.63) is 89.0 Å². The van der Waals surface area contributed by atoms with E-state index in [1.807, 2.05) is 13.8 Å². The lowest BCUT2D eigenvalue weighted by Gasteiger charge is -2.18. The number of aliphatic hydroxyl groups excluding tert-OH is 2. The molecule has 0 fully saturated rings. The quantitative estimate of drug-likeness (QED) is 0.524. The highest BCUT2D eigenvalue weighted by Crippen LogP contribution is 2.32. The van der Waals surface area contributed by atoms with E-state index in [0.717, 1.165) is 22.3 Å². The second kappa shape index (κ2) is 10.8. The molecule has 2 aromatic carbocycles. The lowest BCUT2D eigenvalue weighted by Crippen LogP contribution is -2.19. The molecule has 0 radical (unpaired) electrons. The van der Waals surface area contributed by atoms with Gasteiger partial charge in [0.25, 0.3) is 0 Å². The fourth-order valence-corrected chi connectivity index (χ4v) is 3.15. The third-order valence-corrected chi connectivity index (χ3v) is 4.60. The number of aliphatic hydroxyl groups is 2. The fourth-order valence-electron chi connectivity index (χ4n) is 3.15. The number of halogens is 2. The van der Waals surface area contributed by atoms with Gasteiger partial charge in [-0.25, -0.2) is 8.78 Å². The van der Waals surface area contributed by atoms with Crippen LogP contribution < -0.4 is 0 Å². The zero-order chi connectivity index (χ0) is 22.3. The zero-order valence-electron chi connectivity index (χ0n) is 16.9. The Bertz CT molecular complexity index is 852. The highest BCUT2D eigenvalue weighted by Gasteiger charge is 2.16. The van der Waals surface area contributed by atoms with Crippen LogP contribution in [0.3, 0.4) is 0 Å². The van der Waals surface area contributed by atoms with Crippen molar-refractivity contribution in [2.75, 3.05) is 0 Å². The Morgan fingerprint density at radius 1 is 0.933 bits per heavy atom. The topological polar surface area (TPSA) is 77.8 Å². The van der Waals surface area contributed by atoms with Crippen molar-refractivity contribution in [3.63, 3.8) is 0 Å². The van der Waals surface area contributed by atoms with Gasteiger partial charge in [-0.3, -0.25) is 4.79 Å². The molecule has 0 aliphatic heterocycles. The molecule has 0 unspecified atom stereocenters. The molecule has 160 valence electrons. The minimum absolute atomic E-state index is 0.00231. The van der Waals surface area contributed by atoms with E-state index in [1.165, 1.54) is 30.3 Å². The van der Waals surface area contributed by atoms with Crippen LogP contribution in [-0.2, 0) is 4.79 Å². The van der Waals surface area contributed by atoms with Gasteiger partial charge in [0.1, 0.15) is 11.6 Å². The largest absolute Gasteiger partial charge is 0.481 e. The molecule has 0 heterocycles.